The van der Waals surface area contributed by atoms with Gasteiger partial charge in [0.15, 0.2) is 17.5 Å². The van der Waals surface area contributed by atoms with Crippen LogP contribution < -0.4 is 0 Å². The molecule has 0 saturated heterocycles. The maximum atomic E-state index is 13.7. The van der Waals surface area contributed by atoms with Gasteiger partial charge in [-0.3, -0.25) is 9.59 Å². The molecule has 0 unspecified atom stereocenters. The van der Waals surface area contributed by atoms with E-state index in [1.165, 1.54) is 26.4 Å². The van der Waals surface area contributed by atoms with Crippen molar-refractivity contribution in [2.75, 3.05) is 7.11 Å². The summed E-state index contributed by atoms with van der Waals surface area (Å²) in [5.74, 6) is -2.66. The van der Waals surface area contributed by atoms with Crippen molar-refractivity contribution in [1.29, 1.82) is 0 Å². The Hall–Kier alpha value is -4.04. The number of hydrogen-bond acceptors (Lipinski definition) is 8. The SMILES string of the molecule is CC[C@H](C)/C=C/C1=CC2=CC(=O)[C@]3(C)OC(=O)C(C(=O)[C@@H](C)[C@@H](C)OC(=O)[C@H](OC)c4ccccc4)=C3C2=CO1. The zero-order valence-electron chi connectivity index (χ0n) is 23.6. The Morgan fingerprint density at radius 2 is 1.77 bits per heavy atom. The molecule has 8 nitrogen and oxygen atoms in total. The van der Waals surface area contributed by atoms with E-state index in [2.05, 4.69) is 13.8 Å². The molecule has 5 atom stereocenters. The van der Waals surface area contributed by atoms with Crippen LogP contribution in [0.3, 0.4) is 0 Å². The molecular formula is C32H34O8. The van der Waals surface area contributed by atoms with Crippen molar-refractivity contribution in [2.45, 2.75) is 58.8 Å². The number of esters is 2. The van der Waals surface area contributed by atoms with Gasteiger partial charge in [0.2, 0.25) is 5.78 Å². The third kappa shape index (κ3) is 5.36. The molecular weight excluding hydrogens is 512 g/mol. The number of carbonyl (C=O) groups is 4. The first kappa shape index (κ1) is 29.0. The van der Waals surface area contributed by atoms with Gasteiger partial charge in [-0.1, -0.05) is 63.6 Å². The first-order chi connectivity index (χ1) is 19.0. The zero-order chi connectivity index (χ0) is 29.2. The topological polar surface area (TPSA) is 105 Å². The summed E-state index contributed by atoms with van der Waals surface area (Å²) in [5.41, 5.74) is -0.184. The van der Waals surface area contributed by atoms with E-state index in [1.54, 1.807) is 44.2 Å². The molecule has 2 aliphatic heterocycles. The highest BCUT2D eigenvalue weighted by molar-refractivity contribution is 6.25. The fraction of sp³-hybridized carbons (Fsp3) is 0.375. The fourth-order valence-electron chi connectivity index (χ4n) is 4.75. The van der Waals surface area contributed by atoms with E-state index in [0.717, 1.165) is 6.42 Å². The largest absolute Gasteiger partial charge is 0.464 e. The van der Waals surface area contributed by atoms with Crippen molar-refractivity contribution in [1.82, 2.24) is 0 Å². The summed E-state index contributed by atoms with van der Waals surface area (Å²) in [6.45, 7) is 8.76. The molecule has 0 amide bonds. The van der Waals surface area contributed by atoms with Crippen molar-refractivity contribution in [3.8, 4) is 0 Å². The van der Waals surface area contributed by atoms with Crippen LogP contribution in [-0.4, -0.2) is 42.3 Å². The minimum Gasteiger partial charge on any atom is -0.464 e. The lowest BCUT2D eigenvalue weighted by Gasteiger charge is -2.31. The second kappa shape index (κ2) is 11.6. The van der Waals surface area contributed by atoms with Crippen molar-refractivity contribution < 1.29 is 38.1 Å². The van der Waals surface area contributed by atoms with Crippen LogP contribution in [0.15, 0.2) is 88.9 Å². The number of methoxy groups -OCH3 is 1. The normalized spacial score (nSPS) is 23.1. The molecule has 0 fully saturated rings. The number of ketones is 2. The highest BCUT2D eigenvalue weighted by Gasteiger charge is 2.55. The van der Waals surface area contributed by atoms with Gasteiger partial charge in [0.05, 0.1) is 12.2 Å². The predicted molar refractivity (Wildman–Crippen MR) is 146 cm³/mol. The average molecular weight is 547 g/mol. The Labute approximate surface area is 234 Å². The first-order valence-electron chi connectivity index (χ1n) is 13.4. The Bertz CT molecular complexity index is 1380. The van der Waals surface area contributed by atoms with Gasteiger partial charge >= 0.3 is 11.9 Å². The lowest BCUT2D eigenvalue weighted by molar-refractivity contribution is -0.163. The number of benzene rings is 1. The molecule has 0 aromatic heterocycles. The molecule has 4 rings (SSSR count). The molecule has 1 aromatic rings. The molecule has 40 heavy (non-hydrogen) atoms. The second-order valence-corrected chi connectivity index (χ2v) is 10.4. The smallest absolute Gasteiger partial charge is 0.343 e. The van der Waals surface area contributed by atoms with Crippen LogP contribution in [0, 0.1) is 11.8 Å². The summed E-state index contributed by atoms with van der Waals surface area (Å²) in [4.78, 5) is 52.9. The lowest BCUT2D eigenvalue weighted by Crippen LogP contribution is -2.40. The third-order valence-corrected chi connectivity index (χ3v) is 7.63. The lowest BCUT2D eigenvalue weighted by atomic mass is 9.75. The fourth-order valence-corrected chi connectivity index (χ4v) is 4.75. The number of Topliss-reactive ketones (excluding diaryl/α,β-unsaturated/α-hetero) is 1. The van der Waals surface area contributed by atoms with Crippen molar-refractivity contribution in [3.63, 3.8) is 0 Å². The van der Waals surface area contributed by atoms with Crippen LogP contribution in [0.1, 0.15) is 52.7 Å². The number of hydrogen-bond donors (Lipinski definition) is 0. The Kier molecular flexibility index (Phi) is 8.40. The summed E-state index contributed by atoms with van der Waals surface area (Å²) in [6, 6.07) is 8.85. The van der Waals surface area contributed by atoms with Gasteiger partial charge in [-0.25, -0.2) is 9.59 Å². The number of fused-ring (bicyclic) bond motifs is 3. The van der Waals surface area contributed by atoms with Crippen LogP contribution in [0.4, 0.5) is 0 Å². The standard InChI is InChI=1S/C32H34O8/c1-7-18(2)13-14-23-15-22-16-25(33)32(5)27(24(22)17-38-23)26(30(35)40-32)28(34)19(3)20(4)39-31(36)29(37-6)21-11-9-8-10-12-21/h8-20,29H,7H2,1-6H3/b14-13+/t18-,19-,20+,29+,32-/m0/s1. The summed E-state index contributed by atoms with van der Waals surface area (Å²) >= 11 is 0. The summed E-state index contributed by atoms with van der Waals surface area (Å²) in [7, 11) is 1.39. The summed E-state index contributed by atoms with van der Waals surface area (Å²) in [6.07, 6.45) is 7.46. The first-order valence-corrected chi connectivity index (χ1v) is 13.4. The molecule has 0 radical (unpaired) electrons. The number of ether oxygens (including phenoxy) is 4. The minimum absolute atomic E-state index is 0.163. The minimum atomic E-state index is -1.66. The van der Waals surface area contributed by atoms with Crippen molar-refractivity contribution in [2.24, 2.45) is 11.8 Å². The van der Waals surface area contributed by atoms with E-state index in [4.69, 9.17) is 18.9 Å². The molecule has 8 heteroatoms. The van der Waals surface area contributed by atoms with Crippen LogP contribution in [0.2, 0.25) is 0 Å². The van der Waals surface area contributed by atoms with Crippen LogP contribution in [0.25, 0.3) is 0 Å². The van der Waals surface area contributed by atoms with Gasteiger partial charge < -0.3 is 18.9 Å². The van der Waals surface area contributed by atoms with E-state index in [0.29, 0.717) is 28.4 Å². The molecule has 210 valence electrons. The van der Waals surface area contributed by atoms with Crippen molar-refractivity contribution >= 4 is 23.5 Å². The average Bonchev–Trinajstić information content (AvgIpc) is 3.23. The van der Waals surface area contributed by atoms with Gasteiger partial charge in [-0.05, 0) is 49.1 Å². The highest BCUT2D eigenvalue weighted by Crippen LogP contribution is 2.47. The van der Waals surface area contributed by atoms with E-state index < -0.39 is 47.2 Å². The van der Waals surface area contributed by atoms with Crippen LogP contribution in [-0.2, 0) is 38.1 Å². The molecule has 0 spiro atoms. The van der Waals surface area contributed by atoms with Gasteiger partial charge in [-0.2, -0.15) is 0 Å². The van der Waals surface area contributed by atoms with Gasteiger partial charge in [0, 0.05) is 18.3 Å². The summed E-state index contributed by atoms with van der Waals surface area (Å²) in [5, 5.41) is 0. The highest BCUT2D eigenvalue weighted by atomic mass is 16.6. The molecule has 2 heterocycles. The van der Waals surface area contributed by atoms with Gasteiger partial charge in [0.25, 0.3) is 0 Å². The van der Waals surface area contributed by atoms with E-state index in [-0.39, 0.29) is 11.1 Å². The number of allylic oxidation sites excluding steroid dienone is 4. The quantitative estimate of drug-likeness (QED) is 0.297. The predicted octanol–water partition coefficient (Wildman–Crippen LogP) is 5.03. The third-order valence-electron chi connectivity index (χ3n) is 7.63. The van der Waals surface area contributed by atoms with E-state index >= 15 is 0 Å². The monoisotopic (exact) mass is 546 g/mol. The Morgan fingerprint density at radius 1 is 1.07 bits per heavy atom. The maximum absolute atomic E-state index is 13.7. The molecule has 1 aliphatic carbocycles. The van der Waals surface area contributed by atoms with Crippen molar-refractivity contribution in [3.05, 3.63) is 94.5 Å². The zero-order valence-corrected chi connectivity index (χ0v) is 23.6. The number of carbonyl (C=O) groups excluding carboxylic acids is 4. The molecule has 0 saturated carbocycles. The van der Waals surface area contributed by atoms with Gasteiger partial charge in [0.1, 0.15) is 17.4 Å². The van der Waals surface area contributed by atoms with E-state index in [9.17, 15) is 19.2 Å². The van der Waals surface area contributed by atoms with Crippen LogP contribution >= 0.6 is 0 Å². The Balaban J connectivity index is 1.61. The molecule has 0 bridgehead atoms. The molecule has 0 N–H and O–H groups in total. The van der Waals surface area contributed by atoms with Crippen LogP contribution in [0.5, 0.6) is 0 Å². The van der Waals surface area contributed by atoms with Gasteiger partial charge in [-0.15, -0.1) is 0 Å². The number of rotatable bonds is 10. The summed E-state index contributed by atoms with van der Waals surface area (Å²) < 4.78 is 22.2. The molecule has 3 aliphatic rings. The second-order valence-electron chi connectivity index (χ2n) is 10.4. The maximum Gasteiger partial charge on any atom is 0.343 e. The Morgan fingerprint density at radius 3 is 2.42 bits per heavy atom. The van der Waals surface area contributed by atoms with E-state index in [1.807, 2.05) is 18.2 Å². The molecule has 1 aromatic carbocycles.